The van der Waals surface area contributed by atoms with E-state index < -0.39 is 11.6 Å². The molecule has 6 nitrogen and oxygen atoms in total. The molecule has 1 amide bonds. The van der Waals surface area contributed by atoms with Crippen LogP contribution in [0.4, 0.5) is 0 Å². The monoisotopic (exact) mass is 366 g/mol. The van der Waals surface area contributed by atoms with Gasteiger partial charge in [-0.2, -0.15) is 0 Å². The molecule has 0 bridgehead atoms. The molecule has 0 radical (unpaired) electrons. The fraction of sp³-hybridized carbons (Fsp3) is 0.286. The Hall–Kier alpha value is -3.15. The van der Waals surface area contributed by atoms with Crippen LogP contribution in [0, 0.1) is 0 Å². The molecule has 0 spiro atoms. The molecule has 0 fully saturated rings. The van der Waals surface area contributed by atoms with Crippen molar-refractivity contribution in [3.8, 4) is 5.75 Å². The lowest BCUT2D eigenvalue weighted by Gasteiger charge is -2.27. The number of carboxylic acids is 1. The van der Waals surface area contributed by atoms with Crippen LogP contribution in [0.15, 0.2) is 54.9 Å². The first kappa shape index (κ1) is 18.6. The SMILES string of the molecule is CC(C)(Oc1cccc(C2=CCN(C(=O)c3cccnc3)CC2)c1)C(=O)O. The highest BCUT2D eigenvalue weighted by molar-refractivity contribution is 5.94. The fourth-order valence-corrected chi connectivity index (χ4v) is 2.89. The topological polar surface area (TPSA) is 79.7 Å². The summed E-state index contributed by atoms with van der Waals surface area (Å²) >= 11 is 0. The number of carbonyl (C=O) groups is 2. The Morgan fingerprint density at radius 2 is 2.04 bits per heavy atom. The minimum Gasteiger partial charge on any atom is -0.478 e. The van der Waals surface area contributed by atoms with Crippen LogP contribution >= 0.6 is 0 Å². The number of pyridine rings is 1. The third-order valence-electron chi connectivity index (χ3n) is 4.50. The summed E-state index contributed by atoms with van der Waals surface area (Å²) in [5.41, 5.74) is 1.37. The van der Waals surface area contributed by atoms with Crippen molar-refractivity contribution in [2.24, 2.45) is 0 Å². The minimum absolute atomic E-state index is 0.0290. The van der Waals surface area contributed by atoms with E-state index in [1.54, 1.807) is 35.5 Å². The first-order chi connectivity index (χ1) is 12.9. The van der Waals surface area contributed by atoms with Gasteiger partial charge < -0.3 is 14.7 Å². The Morgan fingerprint density at radius 1 is 1.22 bits per heavy atom. The number of amides is 1. The van der Waals surface area contributed by atoms with Crippen molar-refractivity contribution in [1.82, 2.24) is 9.88 Å². The van der Waals surface area contributed by atoms with Gasteiger partial charge >= 0.3 is 5.97 Å². The highest BCUT2D eigenvalue weighted by Crippen LogP contribution is 2.27. The molecular formula is C21H22N2O4. The molecule has 3 rings (SSSR count). The average molecular weight is 366 g/mol. The van der Waals surface area contributed by atoms with E-state index in [0.717, 1.165) is 17.6 Å². The van der Waals surface area contributed by atoms with E-state index in [-0.39, 0.29) is 5.91 Å². The van der Waals surface area contributed by atoms with E-state index in [1.165, 1.54) is 13.8 Å². The van der Waals surface area contributed by atoms with E-state index >= 15 is 0 Å². The van der Waals surface area contributed by atoms with Crippen molar-refractivity contribution in [1.29, 1.82) is 0 Å². The molecule has 1 aromatic heterocycles. The molecule has 2 heterocycles. The molecule has 6 heteroatoms. The number of hydrogen-bond donors (Lipinski definition) is 1. The summed E-state index contributed by atoms with van der Waals surface area (Å²) in [5.74, 6) is -0.539. The number of rotatable bonds is 5. The number of carboxylic acid groups (broad SMARTS) is 1. The minimum atomic E-state index is -1.30. The van der Waals surface area contributed by atoms with Crippen molar-refractivity contribution in [2.45, 2.75) is 25.9 Å². The van der Waals surface area contributed by atoms with Crippen LogP contribution in [0.5, 0.6) is 5.75 Å². The maximum atomic E-state index is 12.5. The number of hydrogen-bond acceptors (Lipinski definition) is 4. The van der Waals surface area contributed by atoms with Crippen LogP contribution in [0.3, 0.4) is 0 Å². The summed E-state index contributed by atoms with van der Waals surface area (Å²) in [7, 11) is 0. The summed E-state index contributed by atoms with van der Waals surface area (Å²) in [6.07, 6.45) is 5.97. The second kappa shape index (κ2) is 7.61. The zero-order valence-electron chi connectivity index (χ0n) is 15.4. The van der Waals surface area contributed by atoms with E-state index in [4.69, 9.17) is 4.74 Å². The highest BCUT2D eigenvalue weighted by Gasteiger charge is 2.29. The van der Waals surface area contributed by atoms with Crippen molar-refractivity contribution >= 4 is 17.4 Å². The Kier molecular flexibility index (Phi) is 5.26. The average Bonchev–Trinajstić information content (AvgIpc) is 2.68. The van der Waals surface area contributed by atoms with Gasteiger partial charge in [-0.1, -0.05) is 18.2 Å². The Balaban J connectivity index is 1.71. The van der Waals surface area contributed by atoms with Gasteiger partial charge in [0.05, 0.1) is 5.56 Å². The van der Waals surface area contributed by atoms with Crippen molar-refractivity contribution in [2.75, 3.05) is 13.1 Å². The quantitative estimate of drug-likeness (QED) is 0.879. The summed E-state index contributed by atoms with van der Waals surface area (Å²) in [4.78, 5) is 29.5. The first-order valence-corrected chi connectivity index (χ1v) is 8.78. The largest absolute Gasteiger partial charge is 0.478 e. The van der Waals surface area contributed by atoms with Gasteiger partial charge in [0.25, 0.3) is 5.91 Å². The molecule has 1 aliphatic rings. The van der Waals surface area contributed by atoms with Gasteiger partial charge in [-0.3, -0.25) is 9.78 Å². The van der Waals surface area contributed by atoms with Crippen LogP contribution in [-0.2, 0) is 4.79 Å². The lowest BCUT2D eigenvalue weighted by atomic mass is 9.99. The van der Waals surface area contributed by atoms with Crippen LogP contribution < -0.4 is 4.74 Å². The first-order valence-electron chi connectivity index (χ1n) is 8.78. The second-order valence-electron chi connectivity index (χ2n) is 6.92. The van der Waals surface area contributed by atoms with Crippen LogP contribution in [0.25, 0.3) is 5.57 Å². The number of benzene rings is 1. The van der Waals surface area contributed by atoms with Gasteiger partial charge in [0.1, 0.15) is 5.75 Å². The van der Waals surface area contributed by atoms with E-state index in [1.807, 2.05) is 24.3 Å². The van der Waals surface area contributed by atoms with Crippen molar-refractivity contribution in [3.63, 3.8) is 0 Å². The summed E-state index contributed by atoms with van der Waals surface area (Å²) in [6.45, 7) is 4.17. The van der Waals surface area contributed by atoms with Gasteiger partial charge in [-0.25, -0.2) is 4.79 Å². The van der Waals surface area contributed by atoms with Crippen LogP contribution in [0.1, 0.15) is 36.2 Å². The van der Waals surface area contributed by atoms with Gasteiger partial charge in [0, 0.05) is 25.5 Å². The molecule has 27 heavy (non-hydrogen) atoms. The molecule has 140 valence electrons. The molecule has 0 saturated carbocycles. The third-order valence-corrected chi connectivity index (χ3v) is 4.50. The lowest BCUT2D eigenvalue weighted by Crippen LogP contribution is -2.37. The molecule has 0 aliphatic carbocycles. The molecule has 1 aromatic carbocycles. The molecule has 0 atom stereocenters. The molecule has 2 aromatic rings. The predicted octanol–water partition coefficient (Wildman–Crippen LogP) is 3.25. The van der Waals surface area contributed by atoms with Crippen molar-refractivity contribution in [3.05, 3.63) is 66.0 Å². The highest BCUT2D eigenvalue weighted by atomic mass is 16.5. The predicted molar refractivity (Wildman–Crippen MR) is 102 cm³/mol. The molecule has 0 saturated heterocycles. The van der Waals surface area contributed by atoms with E-state index in [9.17, 15) is 14.7 Å². The van der Waals surface area contributed by atoms with E-state index in [2.05, 4.69) is 4.98 Å². The van der Waals surface area contributed by atoms with Crippen molar-refractivity contribution < 1.29 is 19.4 Å². The number of nitrogens with zero attached hydrogens (tertiary/aromatic N) is 2. The van der Waals surface area contributed by atoms with Crippen LogP contribution in [-0.4, -0.2) is 45.6 Å². The number of carbonyl (C=O) groups excluding carboxylic acids is 1. The molecular weight excluding hydrogens is 344 g/mol. The smallest absolute Gasteiger partial charge is 0.347 e. The van der Waals surface area contributed by atoms with Gasteiger partial charge in [0.15, 0.2) is 5.60 Å². The summed E-state index contributed by atoms with van der Waals surface area (Å²) < 4.78 is 5.61. The third kappa shape index (κ3) is 4.34. The number of aliphatic carboxylic acids is 1. The Bertz CT molecular complexity index is 875. The van der Waals surface area contributed by atoms with Gasteiger partial charge in [-0.05, 0) is 55.7 Å². The number of aromatic nitrogens is 1. The van der Waals surface area contributed by atoms with Crippen LogP contribution in [0.2, 0.25) is 0 Å². The zero-order chi connectivity index (χ0) is 19.4. The number of ether oxygens (including phenoxy) is 1. The zero-order valence-corrected chi connectivity index (χ0v) is 15.4. The Labute approximate surface area is 158 Å². The summed E-state index contributed by atoms with van der Waals surface area (Å²) in [5, 5.41) is 9.22. The van der Waals surface area contributed by atoms with E-state index in [0.29, 0.717) is 24.4 Å². The maximum Gasteiger partial charge on any atom is 0.347 e. The van der Waals surface area contributed by atoms with Gasteiger partial charge in [0.2, 0.25) is 0 Å². The standard InChI is InChI=1S/C21H22N2O4/c1-21(2,20(25)26)27-18-7-3-5-16(13-18)15-8-11-23(12-9-15)19(24)17-6-4-10-22-14-17/h3-8,10,13-14H,9,11-12H2,1-2H3,(H,25,26). The molecule has 1 N–H and O–H groups in total. The second-order valence-corrected chi connectivity index (χ2v) is 6.92. The Morgan fingerprint density at radius 3 is 2.67 bits per heavy atom. The molecule has 0 unspecified atom stereocenters. The summed E-state index contributed by atoms with van der Waals surface area (Å²) in [6, 6.07) is 10.9. The lowest BCUT2D eigenvalue weighted by molar-refractivity contribution is -0.152. The normalized spacial score (nSPS) is 14.4. The maximum absolute atomic E-state index is 12.5. The van der Waals surface area contributed by atoms with Gasteiger partial charge in [-0.15, -0.1) is 0 Å². The molecule has 1 aliphatic heterocycles. The fourth-order valence-electron chi connectivity index (χ4n) is 2.89.